The molecule has 0 saturated carbocycles. The van der Waals surface area contributed by atoms with E-state index in [1.807, 2.05) is 6.07 Å². The van der Waals surface area contributed by atoms with Crippen LogP contribution in [0.4, 0.5) is 0 Å². The lowest BCUT2D eigenvalue weighted by molar-refractivity contribution is 0.483. The Balaban J connectivity index is 2.63. The average Bonchev–Trinajstić information content (AvgIpc) is 2.46. The first kappa shape index (κ1) is 15.1. The van der Waals surface area contributed by atoms with Crippen molar-refractivity contribution in [3.8, 4) is 0 Å². The van der Waals surface area contributed by atoms with Gasteiger partial charge in [-0.05, 0) is 11.6 Å². The summed E-state index contributed by atoms with van der Waals surface area (Å²) in [5, 5.41) is 0.273. The van der Waals surface area contributed by atoms with E-state index >= 15 is 0 Å². The zero-order valence-corrected chi connectivity index (χ0v) is 12.5. The van der Waals surface area contributed by atoms with E-state index in [0.717, 1.165) is 0 Å². The summed E-state index contributed by atoms with van der Waals surface area (Å²) < 4.78 is 31.9. The van der Waals surface area contributed by atoms with Gasteiger partial charge in [0.25, 0.3) is 10.1 Å². The minimum atomic E-state index is -4.37. The number of rotatable bonds is 3. The molecule has 0 radical (unpaired) electrons. The highest BCUT2D eigenvalue weighted by molar-refractivity contribution is 7.86. The van der Waals surface area contributed by atoms with Gasteiger partial charge in [-0.1, -0.05) is 71.7 Å². The van der Waals surface area contributed by atoms with Crippen molar-refractivity contribution in [1.29, 1.82) is 0 Å². The summed E-state index contributed by atoms with van der Waals surface area (Å²) in [5.74, 6) is 0. The van der Waals surface area contributed by atoms with Gasteiger partial charge in [-0.25, -0.2) is 0 Å². The van der Waals surface area contributed by atoms with Gasteiger partial charge < -0.3 is 0 Å². The predicted octanol–water partition coefficient (Wildman–Crippen LogP) is 4.24. The van der Waals surface area contributed by atoms with E-state index in [4.69, 9.17) is 23.2 Å². The Hall–Kier alpha value is -1.33. The highest BCUT2D eigenvalue weighted by Gasteiger charge is 2.18. The fourth-order valence-electron chi connectivity index (χ4n) is 1.70. The molecule has 0 spiro atoms. The molecule has 0 aromatic heterocycles. The molecule has 20 heavy (non-hydrogen) atoms. The average molecular weight is 329 g/mol. The lowest BCUT2D eigenvalue weighted by Crippen LogP contribution is -2.01. The van der Waals surface area contributed by atoms with Gasteiger partial charge in [0.15, 0.2) is 0 Å². The van der Waals surface area contributed by atoms with Crippen LogP contribution in [0.2, 0.25) is 0 Å². The van der Waals surface area contributed by atoms with Crippen LogP contribution < -0.4 is 0 Å². The van der Waals surface area contributed by atoms with Crippen molar-refractivity contribution >= 4 is 43.4 Å². The highest BCUT2D eigenvalue weighted by Crippen LogP contribution is 2.35. The first-order valence-electron chi connectivity index (χ1n) is 5.59. The monoisotopic (exact) mass is 328 g/mol. The molecule has 0 amide bonds. The third-order valence-corrected chi connectivity index (χ3v) is 4.43. The summed E-state index contributed by atoms with van der Waals surface area (Å²) in [5.41, 5.74) is 0.815. The molecule has 2 aromatic rings. The summed E-state index contributed by atoms with van der Waals surface area (Å²) in [6.45, 7) is 0. The summed E-state index contributed by atoms with van der Waals surface area (Å²) >= 11 is 12.4. The van der Waals surface area contributed by atoms with Crippen molar-refractivity contribution in [3.63, 3.8) is 0 Å². The number of benzene rings is 2. The van der Waals surface area contributed by atoms with E-state index in [1.165, 1.54) is 18.2 Å². The van der Waals surface area contributed by atoms with Gasteiger partial charge in [0.2, 0.25) is 0 Å². The highest BCUT2D eigenvalue weighted by atomic mass is 35.5. The van der Waals surface area contributed by atoms with E-state index in [0.29, 0.717) is 5.56 Å². The van der Waals surface area contributed by atoms with Crippen LogP contribution in [0.3, 0.4) is 0 Å². The Morgan fingerprint density at radius 2 is 1.40 bits per heavy atom. The Bertz CT molecular complexity index is 753. The molecule has 0 atom stereocenters. The normalized spacial score (nSPS) is 12.9. The molecule has 0 unspecified atom stereocenters. The summed E-state index contributed by atoms with van der Waals surface area (Å²) in [4.78, 5) is -0.279. The molecule has 0 aliphatic carbocycles. The predicted molar refractivity (Wildman–Crippen MR) is 81.2 cm³/mol. The maximum atomic E-state index is 11.3. The van der Waals surface area contributed by atoms with E-state index in [1.54, 1.807) is 30.3 Å². The molecule has 0 aliphatic rings. The molecule has 104 valence electrons. The Kier molecular flexibility index (Phi) is 4.50. The Morgan fingerprint density at radius 1 is 0.850 bits per heavy atom. The van der Waals surface area contributed by atoms with Crippen LogP contribution in [0, 0.1) is 0 Å². The van der Waals surface area contributed by atoms with Crippen molar-refractivity contribution in [3.05, 3.63) is 65.7 Å². The van der Waals surface area contributed by atoms with Crippen molar-refractivity contribution < 1.29 is 13.0 Å². The van der Waals surface area contributed by atoms with Crippen LogP contribution in [0.15, 0.2) is 59.5 Å². The third kappa shape index (κ3) is 3.22. The number of hydrogen-bond acceptors (Lipinski definition) is 2. The topological polar surface area (TPSA) is 54.4 Å². The van der Waals surface area contributed by atoms with Gasteiger partial charge in [0.1, 0.15) is 4.90 Å². The van der Waals surface area contributed by atoms with Gasteiger partial charge in [-0.2, -0.15) is 8.42 Å². The largest absolute Gasteiger partial charge is 0.295 e. The molecule has 0 saturated heterocycles. The van der Waals surface area contributed by atoms with Crippen LogP contribution in [0.5, 0.6) is 0 Å². The smallest absolute Gasteiger partial charge is 0.282 e. The van der Waals surface area contributed by atoms with Gasteiger partial charge in [-0.15, -0.1) is 0 Å². The van der Waals surface area contributed by atoms with Gasteiger partial charge >= 0.3 is 0 Å². The molecule has 0 fully saturated rings. The Morgan fingerprint density at radius 3 is 2.00 bits per heavy atom. The van der Waals surface area contributed by atoms with E-state index < -0.39 is 10.1 Å². The zero-order valence-electron chi connectivity index (χ0n) is 10.1. The number of halogens is 2. The molecule has 0 heterocycles. The minimum absolute atomic E-state index is 0.0612. The molecule has 2 rings (SSSR count). The lowest BCUT2D eigenvalue weighted by Gasteiger charge is -2.08. The molecular formula is C14H10Cl2O3S. The lowest BCUT2D eigenvalue weighted by atomic mass is 10.1. The second-order valence-corrected chi connectivity index (χ2v) is 6.11. The summed E-state index contributed by atoms with van der Waals surface area (Å²) in [6.07, 6.45) is 0. The van der Waals surface area contributed by atoms with Crippen molar-refractivity contribution in [2.45, 2.75) is 4.90 Å². The second kappa shape index (κ2) is 5.97. The van der Waals surface area contributed by atoms with Crippen LogP contribution in [-0.2, 0) is 10.1 Å². The van der Waals surface area contributed by atoms with Crippen molar-refractivity contribution in [2.75, 3.05) is 0 Å². The van der Waals surface area contributed by atoms with Crippen LogP contribution in [0.25, 0.3) is 10.1 Å². The maximum Gasteiger partial charge on any atom is 0.295 e. The van der Waals surface area contributed by atoms with Crippen LogP contribution >= 0.6 is 23.2 Å². The first-order chi connectivity index (χ1) is 9.41. The fraction of sp³-hybridized carbons (Fsp3) is 0. The molecule has 6 heteroatoms. The summed E-state index contributed by atoms with van der Waals surface area (Å²) in [7, 11) is -4.37. The molecule has 3 nitrogen and oxygen atoms in total. The molecular weight excluding hydrogens is 319 g/mol. The minimum Gasteiger partial charge on any atom is -0.282 e. The quantitative estimate of drug-likeness (QED) is 0.677. The molecule has 0 aliphatic heterocycles. The van der Waals surface area contributed by atoms with E-state index in [2.05, 4.69) is 0 Å². The fourth-order valence-corrected chi connectivity index (χ4v) is 2.96. The van der Waals surface area contributed by atoms with Gasteiger partial charge in [-0.3, -0.25) is 4.55 Å². The van der Waals surface area contributed by atoms with Crippen LogP contribution in [0.1, 0.15) is 11.1 Å². The first-order valence-corrected chi connectivity index (χ1v) is 7.78. The van der Waals surface area contributed by atoms with Crippen LogP contribution in [-0.4, -0.2) is 13.0 Å². The molecule has 1 N–H and O–H groups in total. The maximum absolute atomic E-state index is 11.3. The summed E-state index contributed by atoms with van der Waals surface area (Å²) in [6, 6.07) is 14.8. The van der Waals surface area contributed by atoms with Gasteiger partial charge in [0, 0.05) is 5.56 Å². The van der Waals surface area contributed by atoms with Gasteiger partial charge in [0.05, 0.1) is 10.1 Å². The Labute approximate surface area is 127 Å². The van der Waals surface area contributed by atoms with Crippen molar-refractivity contribution in [1.82, 2.24) is 0 Å². The standard InChI is InChI=1S/C14H10Cl2O3S/c15-13(10-6-2-1-3-7-10)14(16)11-8-4-5-9-12(11)20(17,18)19/h1-9H,(H,17,18,19). The SMILES string of the molecule is O=S(=O)(O)c1ccccc1C(Cl)=C(Cl)c1ccccc1. The van der Waals surface area contributed by atoms with E-state index in [-0.39, 0.29) is 20.5 Å². The third-order valence-electron chi connectivity index (χ3n) is 2.62. The molecule has 0 bridgehead atoms. The van der Waals surface area contributed by atoms with Crippen molar-refractivity contribution in [2.24, 2.45) is 0 Å². The molecule has 2 aromatic carbocycles. The second-order valence-electron chi connectivity index (χ2n) is 3.97. The number of hydrogen-bond donors (Lipinski definition) is 1. The van der Waals surface area contributed by atoms with E-state index in [9.17, 15) is 13.0 Å². The zero-order chi connectivity index (χ0) is 14.8.